The molecule has 0 unspecified atom stereocenters. The lowest BCUT2D eigenvalue weighted by molar-refractivity contribution is 0.617. The zero-order valence-corrected chi connectivity index (χ0v) is 5.78. The smallest absolute Gasteiger partial charge is 0.163 e. The van der Waals surface area contributed by atoms with Gasteiger partial charge >= 0.3 is 0 Å². The minimum Gasteiger partial charge on any atom is -0.227 e. The van der Waals surface area contributed by atoms with Crippen LogP contribution in [-0.4, -0.2) is 8.42 Å². The molecule has 0 amide bonds. The Bertz CT molecular complexity index is 139. The average Bonchev–Trinajstić information content (AvgIpc) is 1.67. The van der Waals surface area contributed by atoms with E-state index in [0.717, 1.165) is 6.42 Å². The molecule has 0 aromatic carbocycles. The molecule has 0 spiro atoms. The van der Waals surface area contributed by atoms with Crippen molar-refractivity contribution < 1.29 is 8.42 Å². The highest BCUT2D eigenvalue weighted by molar-refractivity contribution is 7.76. The molecule has 0 radical (unpaired) electrons. The Hall–Kier alpha value is -0.310. The lowest BCUT2D eigenvalue weighted by Gasteiger charge is -1.87. The van der Waals surface area contributed by atoms with Crippen molar-refractivity contribution in [3.63, 3.8) is 0 Å². The molecule has 0 saturated heterocycles. The largest absolute Gasteiger partial charge is 0.227 e. The highest BCUT2D eigenvalue weighted by Crippen LogP contribution is 1.99. The van der Waals surface area contributed by atoms with Gasteiger partial charge in [0.2, 0.25) is 0 Å². The summed E-state index contributed by atoms with van der Waals surface area (Å²) in [5.41, 5.74) is 0. The third-order valence-corrected chi connectivity index (χ3v) is 1.54. The van der Waals surface area contributed by atoms with E-state index < -0.39 is 10.7 Å². The van der Waals surface area contributed by atoms with Gasteiger partial charge in [-0.05, 0) is 6.42 Å². The summed E-state index contributed by atoms with van der Waals surface area (Å²) in [6, 6.07) is 0. The quantitative estimate of drug-likeness (QED) is 0.582. The van der Waals surface area contributed by atoms with Crippen LogP contribution >= 0.6 is 0 Å². The Kier molecular flexibility index (Phi) is 3.52. The molecule has 48 valence electrons. The molecule has 0 heterocycles. The minimum absolute atomic E-state index is 0.336. The Balaban J connectivity index is 3.67. The average molecular weight is 134 g/mol. The van der Waals surface area contributed by atoms with Gasteiger partial charge in [-0.3, -0.25) is 0 Å². The van der Waals surface area contributed by atoms with Crippen molar-refractivity contribution in [3.8, 4) is 0 Å². The van der Waals surface area contributed by atoms with Gasteiger partial charge in [-0.25, -0.2) is 8.42 Å². The summed E-state index contributed by atoms with van der Waals surface area (Å²) < 4.78 is 20.1. The summed E-state index contributed by atoms with van der Waals surface area (Å²) in [5.74, 6) is 0. The van der Waals surface area contributed by atoms with E-state index in [1.807, 2.05) is 6.92 Å². The summed E-state index contributed by atoms with van der Waals surface area (Å²) in [4.78, 5) is 0.336. The van der Waals surface area contributed by atoms with Crippen LogP contribution in [0, 0.1) is 0 Å². The summed E-state index contributed by atoms with van der Waals surface area (Å²) >= 11 is 0. The van der Waals surface area contributed by atoms with Gasteiger partial charge in [-0.2, -0.15) is 0 Å². The van der Waals surface area contributed by atoms with Crippen LogP contribution in [0.2, 0.25) is 0 Å². The molecule has 0 fully saturated rings. The predicted octanol–water partition coefficient (Wildman–Crippen LogP) is 0.912. The fraction of sp³-hybridized carbons (Fsp3) is 0.600. The molecule has 0 atom stereocenters. The number of hydrogen-bond acceptors (Lipinski definition) is 2. The topological polar surface area (TPSA) is 34.1 Å². The van der Waals surface area contributed by atoms with E-state index in [4.69, 9.17) is 0 Å². The zero-order valence-electron chi connectivity index (χ0n) is 4.89. The maximum absolute atomic E-state index is 10.0. The maximum atomic E-state index is 10.0. The summed E-state index contributed by atoms with van der Waals surface area (Å²) in [5, 5.41) is 0. The van der Waals surface area contributed by atoms with E-state index in [1.165, 1.54) is 0 Å². The van der Waals surface area contributed by atoms with Gasteiger partial charge in [0.15, 0.2) is 10.7 Å². The van der Waals surface area contributed by atoms with Gasteiger partial charge in [0.25, 0.3) is 0 Å². The van der Waals surface area contributed by atoms with Crippen LogP contribution in [0.25, 0.3) is 0 Å². The van der Waals surface area contributed by atoms with Gasteiger partial charge in [0, 0.05) is 4.91 Å². The summed E-state index contributed by atoms with van der Waals surface area (Å²) in [7, 11) is -2.36. The molecule has 0 bridgehead atoms. The van der Waals surface area contributed by atoms with Crippen molar-refractivity contribution >= 4 is 10.7 Å². The van der Waals surface area contributed by atoms with Crippen LogP contribution in [0.15, 0.2) is 11.5 Å². The first-order valence-electron chi connectivity index (χ1n) is 2.50. The zero-order chi connectivity index (χ0) is 6.57. The number of rotatable bonds is 3. The highest BCUT2D eigenvalue weighted by atomic mass is 32.2. The number of hydrogen-bond donors (Lipinski definition) is 1. The van der Waals surface area contributed by atoms with Crippen LogP contribution in [0.3, 0.4) is 0 Å². The number of allylic oxidation sites excluding steroid dienone is 1. The first kappa shape index (κ1) is 7.69. The standard InChI is InChI=1S/C5H10O2S/c1-3-4-5(2)8(6)7/h8H,2-4H2,1H3. The predicted molar refractivity (Wildman–Crippen MR) is 34.4 cm³/mol. The molecule has 2 nitrogen and oxygen atoms in total. The van der Waals surface area contributed by atoms with Crippen molar-refractivity contribution in [1.29, 1.82) is 0 Å². The van der Waals surface area contributed by atoms with E-state index >= 15 is 0 Å². The normalized spacial score (nSPS) is 9.75. The molecule has 0 aromatic rings. The van der Waals surface area contributed by atoms with Crippen LogP contribution < -0.4 is 0 Å². The van der Waals surface area contributed by atoms with Crippen molar-refractivity contribution in [2.24, 2.45) is 0 Å². The molecular weight excluding hydrogens is 124 g/mol. The summed E-state index contributed by atoms with van der Waals surface area (Å²) in [6.07, 6.45) is 1.45. The third kappa shape index (κ3) is 2.80. The second-order valence-corrected chi connectivity index (χ2v) is 2.72. The minimum atomic E-state index is -2.36. The van der Waals surface area contributed by atoms with E-state index in [0.29, 0.717) is 11.3 Å². The number of thiol groups is 1. The van der Waals surface area contributed by atoms with E-state index in [1.54, 1.807) is 0 Å². The Morgan fingerprint density at radius 2 is 2.12 bits per heavy atom. The second-order valence-electron chi connectivity index (χ2n) is 1.57. The molecule has 0 N–H and O–H groups in total. The Morgan fingerprint density at radius 1 is 1.62 bits per heavy atom. The van der Waals surface area contributed by atoms with E-state index in [-0.39, 0.29) is 0 Å². The first-order chi connectivity index (χ1) is 3.68. The lowest BCUT2D eigenvalue weighted by atomic mass is 10.3. The van der Waals surface area contributed by atoms with E-state index in [9.17, 15) is 8.42 Å². The molecule has 0 rings (SSSR count). The van der Waals surface area contributed by atoms with Crippen molar-refractivity contribution in [1.82, 2.24) is 0 Å². The van der Waals surface area contributed by atoms with Crippen LogP contribution in [0.4, 0.5) is 0 Å². The second kappa shape index (κ2) is 3.66. The monoisotopic (exact) mass is 134 g/mol. The van der Waals surface area contributed by atoms with Crippen molar-refractivity contribution in [2.45, 2.75) is 19.8 Å². The molecule has 8 heavy (non-hydrogen) atoms. The molecule has 0 aliphatic carbocycles. The fourth-order valence-corrected chi connectivity index (χ4v) is 0.786. The van der Waals surface area contributed by atoms with Gasteiger partial charge < -0.3 is 0 Å². The van der Waals surface area contributed by atoms with Crippen LogP contribution in [-0.2, 0) is 10.7 Å². The summed E-state index contributed by atoms with van der Waals surface area (Å²) in [6.45, 7) is 5.27. The molecule has 0 aliphatic heterocycles. The lowest BCUT2D eigenvalue weighted by Crippen LogP contribution is -1.80. The van der Waals surface area contributed by atoms with Gasteiger partial charge in [0.05, 0.1) is 0 Å². The maximum Gasteiger partial charge on any atom is 0.163 e. The van der Waals surface area contributed by atoms with Gasteiger partial charge in [-0.15, -0.1) is 0 Å². The van der Waals surface area contributed by atoms with Crippen LogP contribution in [0.5, 0.6) is 0 Å². The van der Waals surface area contributed by atoms with Gasteiger partial charge in [0.1, 0.15) is 0 Å². The first-order valence-corrected chi connectivity index (χ1v) is 3.68. The Morgan fingerprint density at radius 3 is 2.25 bits per heavy atom. The molecular formula is C5H10O2S. The van der Waals surface area contributed by atoms with Gasteiger partial charge in [-0.1, -0.05) is 19.9 Å². The molecule has 0 aliphatic rings. The SMILES string of the molecule is C=C(CCC)[SH](=O)=O. The Labute approximate surface area is 51.2 Å². The van der Waals surface area contributed by atoms with Crippen LogP contribution in [0.1, 0.15) is 19.8 Å². The van der Waals surface area contributed by atoms with E-state index in [2.05, 4.69) is 6.58 Å². The fourth-order valence-electron chi connectivity index (χ4n) is 0.380. The molecule has 3 heteroatoms. The third-order valence-electron chi connectivity index (χ3n) is 0.797. The highest BCUT2D eigenvalue weighted by Gasteiger charge is 1.90. The van der Waals surface area contributed by atoms with Crippen molar-refractivity contribution in [2.75, 3.05) is 0 Å². The molecule has 0 saturated carbocycles. The molecule has 0 aromatic heterocycles. The van der Waals surface area contributed by atoms with Crippen molar-refractivity contribution in [3.05, 3.63) is 11.5 Å².